The predicted molar refractivity (Wildman–Crippen MR) is 66.0 cm³/mol. The summed E-state index contributed by atoms with van der Waals surface area (Å²) >= 11 is 0. The van der Waals surface area contributed by atoms with Crippen LogP contribution in [0.2, 0.25) is 0 Å². The number of rotatable bonds is 5. The maximum atomic E-state index is 13.5. The van der Waals surface area contributed by atoms with Crippen molar-refractivity contribution in [3.63, 3.8) is 0 Å². The predicted octanol–water partition coefficient (Wildman–Crippen LogP) is 1.30. The third-order valence-electron chi connectivity index (χ3n) is 3.18. The van der Waals surface area contributed by atoms with Gasteiger partial charge in [0.15, 0.2) is 11.6 Å². The van der Waals surface area contributed by atoms with Crippen LogP contribution in [0.15, 0.2) is 18.2 Å². The fourth-order valence-electron chi connectivity index (χ4n) is 1.93. The van der Waals surface area contributed by atoms with Gasteiger partial charge in [0.05, 0.1) is 7.11 Å². The number of hydrogen-bond donors (Lipinski definition) is 2. The number of nitrogens with one attached hydrogen (secondary N) is 1. The molecule has 4 nitrogen and oxygen atoms in total. The van der Waals surface area contributed by atoms with Crippen LogP contribution in [0.4, 0.5) is 4.39 Å². The van der Waals surface area contributed by atoms with Crippen molar-refractivity contribution in [1.82, 2.24) is 5.32 Å². The van der Waals surface area contributed by atoms with Crippen molar-refractivity contribution < 1.29 is 13.9 Å². The number of ether oxygens (including phenoxy) is 1. The van der Waals surface area contributed by atoms with Crippen LogP contribution in [0.5, 0.6) is 5.75 Å². The summed E-state index contributed by atoms with van der Waals surface area (Å²) in [6.45, 7) is 0.412. The first-order chi connectivity index (χ1) is 8.65. The largest absolute Gasteiger partial charge is 0.494 e. The minimum absolute atomic E-state index is 0.0114. The molecule has 5 heteroatoms. The van der Waals surface area contributed by atoms with Crippen molar-refractivity contribution in [2.75, 3.05) is 13.7 Å². The molecule has 1 unspecified atom stereocenters. The molecule has 2 rings (SSSR count). The normalized spacial score (nSPS) is 16.2. The van der Waals surface area contributed by atoms with Gasteiger partial charge in [0.2, 0.25) is 0 Å². The van der Waals surface area contributed by atoms with Gasteiger partial charge in [-0.2, -0.15) is 0 Å². The molecule has 98 valence electrons. The highest BCUT2D eigenvalue weighted by atomic mass is 19.1. The number of hydrogen-bond acceptors (Lipinski definition) is 3. The second-order valence-electron chi connectivity index (χ2n) is 4.50. The number of amides is 1. The molecule has 1 aliphatic carbocycles. The number of methoxy groups -OCH3 is 1. The Hall–Kier alpha value is -1.62. The quantitative estimate of drug-likeness (QED) is 0.830. The molecule has 0 aliphatic heterocycles. The summed E-state index contributed by atoms with van der Waals surface area (Å²) in [4.78, 5) is 11.9. The smallest absolute Gasteiger partial charge is 0.251 e. The van der Waals surface area contributed by atoms with Gasteiger partial charge in [-0.15, -0.1) is 0 Å². The van der Waals surface area contributed by atoms with Crippen molar-refractivity contribution in [2.45, 2.75) is 18.9 Å². The zero-order chi connectivity index (χ0) is 13.1. The lowest BCUT2D eigenvalue weighted by atomic mass is 10.1. The molecule has 0 spiro atoms. The average molecular weight is 252 g/mol. The van der Waals surface area contributed by atoms with Crippen LogP contribution in [0.3, 0.4) is 0 Å². The molecule has 1 aliphatic rings. The molecule has 0 bridgehead atoms. The third kappa shape index (κ3) is 2.79. The van der Waals surface area contributed by atoms with Gasteiger partial charge in [-0.3, -0.25) is 4.79 Å². The zero-order valence-electron chi connectivity index (χ0n) is 10.3. The molecule has 1 saturated carbocycles. The van der Waals surface area contributed by atoms with E-state index in [1.165, 1.54) is 25.3 Å². The first kappa shape index (κ1) is 12.8. The minimum atomic E-state index is -0.541. The molecule has 1 atom stereocenters. The fraction of sp³-hybridized carbons (Fsp3) is 0.462. The van der Waals surface area contributed by atoms with Gasteiger partial charge in [0.1, 0.15) is 0 Å². The highest BCUT2D eigenvalue weighted by molar-refractivity contribution is 5.94. The molecule has 0 heterocycles. The maximum absolute atomic E-state index is 13.5. The van der Waals surface area contributed by atoms with Crippen LogP contribution in [-0.4, -0.2) is 25.6 Å². The minimum Gasteiger partial charge on any atom is -0.494 e. The molecule has 1 fully saturated rings. The van der Waals surface area contributed by atoms with Gasteiger partial charge in [0.25, 0.3) is 5.91 Å². The Labute approximate surface area is 105 Å². The molecule has 0 saturated heterocycles. The fourth-order valence-corrected chi connectivity index (χ4v) is 1.93. The van der Waals surface area contributed by atoms with E-state index in [1.807, 2.05) is 0 Å². The molecular formula is C13H17FN2O2. The van der Waals surface area contributed by atoms with Crippen molar-refractivity contribution in [3.05, 3.63) is 29.6 Å². The van der Waals surface area contributed by atoms with E-state index in [4.69, 9.17) is 10.5 Å². The van der Waals surface area contributed by atoms with Crippen molar-refractivity contribution in [3.8, 4) is 5.75 Å². The second kappa shape index (κ2) is 5.35. The van der Waals surface area contributed by atoms with Gasteiger partial charge in [-0.1, -0.05) is 0 Å². The van der Waals surface area contributed by atoms with Crippen molar-refractivity contribution in [2.24, 2.45) is 11.7 Å². The summed E-state index contributed by atoms with van der Waals surface area (Å²) in [7, 11) is 1.38. The van der Waals surface area contributed by atoms with E-state index in [-0.39, 0.29) is 23.3 Å². The zero-order valence-corrected chi connectivity index (χ0v) is 10.3. The Kier molecular flexibility index (Phi) is 3.81. The first-order valence-electron chi connectivity index (χ1n) is 6.00. The van der Waals surface area contributed by atoms with Gasteiger partial charge in [-0.05, 0) is 37.0 Å². The SMILES string of the molecule is COc1ccc(C(=O)NC(CN)C2CC2)cc1F. The van der Waals surface area contributed by atoms with E-state index in [9.17, 15) is 9.18 Å². The summed E-state index contributed by atoms with van der Waals surface area (Å²) in [5, 5.41) is 2.84. The van der Waals surface area contributed by atoms with E-state index >= 15 is 0 Å². The summed E-state index contributed by atoms with van der Waals surface area (Å²) < 4.78 is 18.3. The van der Waals surface area contributed by atoms with Gasteiger partial charge < -0.3 is 15.8 Å². The molecule has 3 N–H and O–H groups in total. The number of benzene rings is 1. The number of nitrogens with two attached hydrogens (primary N) is 1. The van der Waals surface area contributed by atoms with E-state index in [2.05, 4.69) is 5.32 Å². The molecule has 0 radical (unpaired) electrons. The number of carbonyl (C=O) groups excluding carboxylic acids is 1. The molecule has 18 heavy (non-hydrogen) atoms. The Bertz CT molecular complexity index is 447. The van der Waals surface area contributed by atoms with Gasteiger partial charge in [-0.25, -0.2) is 4.39 Å². The number of halogens is 1. The average Bonchev–Trinajstić information content (AvgIpc) is 3.19. The Balaban J connectivity index is 2.06. The Morgan fingerprint density at radius 1 is 1.61 bits per heavy atom. The highest BCUT2D eigenvalue weighted by Crippen LogP contribution is 2.32. The van der Waals surface area contributed by atoms with Gasteiger partial charge in [0, 0.05) is 18.2 Å². The Morgan fingerprint density at radius 2 is 2.33 bits per heavy atom. The lowest BCUT2D eigenvalue weighted by molar-refractivity contribution is 0.0933. The number of carbonyl (C=O) groups is 1. The monoisotopic (exact) mass is 252 g/mol. The maximum Gasteiger partial charge on any atom is 0.251 e. The van der Waals surface area contributed by atoms with E-state index in [0.717, 1.165) is 12.8 Å². The summed E-state index contributed by atoms with van der Waals surface area (Å²) in [6, 6.07) is 4.15. The van der Waals surface area contributed by atoms with Crippen LogP contribution < -0.4 is 15.8 Å². The van der Waals surface area contributed by atoms with Crippen molar-refractivity contribution >= 4 is 5.91 Å². The van der Waals surface area contributed by atoms with E-state index < -0.39 is 5.82 Å². The molecule has 1 amide bonds. The third-order valence-corrected chi connectivity index (χ3v) is 3.18. The molecule has 0 aromatic heterocycles. The first-order valence-corrected chi connectivity index (χ1v) is 6.00. The summed E-state index contributed by atoms with van der Waals surface area (Å²) in [5.41, 5.74) is 5.89. The lowest BCUT2D eigenvalue weighted by Gasteiger charge is -2.16. The standard InChI is InChI=1S/C13H17FN2O2/c1-18-12-5-4-9(6-10(12)14)13(17)16-11(7-15)8-2-3-8/h4-6,8,11H,2-3,7,15H2,1H3,(H,16,17). The second-order valence-corrected chi connectivity index (χ2v) is 4.50. The van der Waals surface area contributed by atoms with Crippen LogP contribution in [0, 0.1) is 11.7 Å². The van der Waals surface area contributed by atoms with E-state index in [1.54, 1.807) is 0 Å². The Morgan fingerprint density at radius 3 is 2.83 bits per heavy atom. The highest BCUT2D eigenvalue weighted by Gasteiger charge is 2.31. The molecular weight excluding hydrogens is 235 g/mol. The van der Waals surface area contributed by atoms with Crippen LogP contribution in [0.25, 0.3) is 0 Å². The van der Waals surface area contributed by atoms with Gasteiger partial charge >= 0.3 is 0 Å². The van der Waals surface area contributed by atoms with Crippen LogP contribution in [0.1, 0.15) is 23.2 Å². The van der Waals surface area contributed by atoms with Crippen molar-refractivity contribution in [1.29, 1.82) is 0 Å². The molecule has 1 aromatic rings. The summed E-state index contributed by atoms with van der Waals surface area (Å²) in [6.07, 6.45) is 2.19. The summed E-state index contributed by atoms with van der Waals surface area (Å²) in [5.74, 6) is -0.231. The lowest BCUT2D eigenvalue weighted by Crippen LogP contribution is -2.41. The van der Waals surface area contributed by atoms with E-state index in [0.29, 0.717) is 12.5 Å². The van der Waals surface area contributed by atoms with Crippen LogP contribution in [-0.2, 0) is 0 Å². The topological polar surface area (TPSA) is 64.3 Å². The van der Waals surface area contributed by atoms with Crippen LogP contribution >= 0.6 is 0 Å². The molecule has 1 aromatic carbocycles.